The molecule has 1 saturated heterocycles. The summed E-state index contributed by atoms with van der Waals surface area (Å²) in [4.78, 5) is 22.8. The summed E-state index contributed by atoms with van der Waals surface area (Å²) in [6.45, 7) is 4.05. The van der Waals surface area contributed by atoms with Crippen molar-refractivity contribution in [2.45, 2.75) is 26.2 Å². The Morgan fingerprint density at radius 1 is 1.41 bits per heavy atom. The van der Waals surface area contributed by atoms with Crippen LogP contribution < -0.4 is 10.2 Å². The van der Waals surface area contributed by atoms with E-state index < -0.39 is 24.3 Å². The third-order valence-electron chi connectivity index (χ3n) is 5.05. The summed E-state index contributed by atoms with van der Waals surface area (Å²) >= 11 is 0. The molecule has 0 bridgehead atoms. The van der Waals surface area contributed by atoms with Crippen LogP contribution in [0.25, 0.3) is 0 Å². The van der Waals surface area contributed by atoms with Crippen molar-refractivity contribution in [3.63, 3.8) is 0 Å². The maximum absolute atomic E-state index is 14.6. The van der Waals surface area contributed by atoms with Crippen LogP contribution in [0, 0.1) is 5.92 Å². The van der Waals surface area contributed by atoms with Gasteiger partial charge in [0.15, 0.2) is 0 Å². The highest BCUT2D eigenvalue weighted by atomic mass is 19.3. The number of piperidine rings is 1. The van der Waals surface area contributed by atoms with Crippen molar-refractivity contribution in [2.24, 2.45) is 15.9 Å². The van der Waals surface area contributed by atoms with Gasteiger partial charge >= 0.3 is 0 Å². The van der Waals surface area contributed by atoms with E-state index in [0.29, 0.717) is 42.0 Å². The number of rotatable bonds is 4. The average molecular weight is 403 g/mol. The molecule has 1 unspecified atom stereocenters. The van der Waals surface area contributed by atoms with Gasteiger partial charge in [0, 0.05) is 35.9 Å². The number of likely N-dealkylation sites (tertiary alicyclic amines) is 1. The number of amides is 1. The first-order valence-electron chi connectivity index (χ1n) is 9.61. The lowest BCUT2D eigenvalue weighted by atomic mass is 9.90. The predicted molar refractivity (Wildman–Crippen MR) is 105 cm³/mol. The predicted octanol–water partition coefficient (Wildman–Crippen LogP) is 2.67. The minimum atomic E-state index is -2.99. The fraction of sp³-hybridized carbons (Fsp3) is 0.450. The first kappa shape index (κ1) is 19.5. The number of ether oxygens (including phenoxy) is 1. The number of hydrogen-bond acceptors (Lipinski definition) is 6. The Morgan fingerprint density at radius 2 is 2.24 bits per heavy atom. The fourth-order valence-corrected chi connectivity index (χ4v) is 3.90. The number of hydrazine groups is 1. The minimum absolute atomic E-state index is 0.192. The lowest BCUT2D eigenvalue weighted by Crippen LogP contribution is -2.52. The monoisotopic (exact) mass is 403 g/mol. The van der Waals surface area contributed by atoms with E-state index in [1.54, 1.807) is 42.3 Å². The first-order valence-corrected chi connectivity index (χ1v) is 9.61. The number of allylic oxidation sites excluding steroid dienone is 1. The Hall–Kier alpha value is -2.81. The minimum Gasteiger partial charge on any atom is -0.494 e. The number of hydrogen-bond donors (Lipinski definition) is 1. The molecule has 3 aliphatic rings. The zero-order valence-corrected chi connectivity index (χ0v) is 16.4. The summed E-state index contributed by atoms with van der Waals surface area (Å²) in [6, 6.07) is 6.65. The van der Waals surface area contributed by atoms with E-state index in [4.69, 9.17) is 4.74 Å². The second-order valence-corrected chi connectivity index (χ2v) is 7.34. The largest absolute Gasteiger partial charge is 0.494 e. The van der Waals surface area contributed by atoms with Crippen molar-refractivity contribution in [3.8, 4) is 5.75 Å². The zero-order chi connectivity index (χ0) is 20.6. The van der Waals surface area contributed by atoms with Crippen LogP contribution in [-0.2, 0) is 0 Å². The van der Waals surface area contributed by atoms with Gasteiger partial charge in [-0.2, -0.15) is 0 Å². The molecule has 0 radical (unpaired) electrons. The van der Waals surface area contributed by atoms with Gasteiger partial charge in [0.25, 0.3) is 11.8 Å². The number of fused-ring (bicyclic) bond motifs is 1. The van der Waals surface area contributed by atoms with Crippen LogP contribution >= 0.6 is 0 Å². The molecule has 0 aliphatic carbocycles. The maximum atomic E-state index is 14.6. The first-order chi connectivity index (χ1) is 13.9. The summed E-state index contributed by atoms with van der Waals surface area (Å²) in [5.41, 5.74) is 4.74. The highest BCUT2D eigenvalue weighted by molar-refractivity contribution is 6.05. The average Bonchev–Trinajstić information content (AvgIpc) is 3.14. The number of nitrogens with one attached hydrogen (secondary N) is 1. The van der Waals surface area contributed by atoms with Gasteiger partial charge in [0.1, 0.15) is 12.4 Å². The molecule has 9 heteroatoms. The van der Waals surface area contributed by atoms with Crippen molar-refractivity contribution in [3.05, 3.63) is 41.6 Å². The molecular formula is C20H23F2N5O2. The van der Waals surface area contributed by atoms with Crippen LogP contribution in [0.2, 0.25) is 0 Å². The molecule has 1 aromatic rings. The fourth-order valence-electron chi connectivity index (χ4n) is 3.90. The Balaban J connectivity index is 1.59. The van der Waals surface area contributed by atoms with Crippen LogP contribution in [0.1, 0.15) is 30.6 Å². The molecular weight excluding hydrogens is 380 g/mol. The highest BCUT2D eigenvalue weighted by Gasteiger charge is 2.45. The van der Waals surface area contributed by atoms with Crippen LogP contribution in [0.4, 0.5) is 8.78 Å². The second-order valence-electron chi connectivity index (χ2n) is 7.34. The van der Waals surface area contributed by atoms with E-state index in [9.17, 15) is 13.6 Å². The van der Waals surface area contributed by atoms with Gasteiger partial charge in [0.2, 0.25) is 5.96 Å². The molecule has 1 aromatic carbocycles. The van der Waals surface area contributed by atoms with Gasteiger partial charge < -0.3 is 9.64 Å². The van der Waals surface area contributed by atoms with Crippen molar-refractivity contribution in [2.75, 3.05) is 26.4 Å². The van der Waals surface area contributed by atoms with E-state index >= 15 is 0 Å². The molecule has 1 fully saturated rings. The molecule has 1 atom stereocenters. The van der Waals surface area contributed by atoms with Gasteiger partial charge in [-0.1, -0.05) is 6.07 Å². The number of halogens is 2. The Bertz CT molecular complexity index is 912. The summed E-state index contributed by atoms with van der Waals surface area (Å²) < 4.78 is 34.7. The number of benzene rings is 1. The maximum Gasteiger partial charge on any atom is 0.266 e. The standard InChI is InChI=1S/C20H23F2N5O2/c1-3-29-16-6-4-5-14(8-16)18(28)26-10-15(9-20(21,22)11-26)17-7-13(2)25-19-23-12-24-27(17)19/h4-8,15,24H,3,9-12H2,1-2H3. The molecule has 7 nitrogen and oxygen atoms in total. The molecule has 0 saturated carbocycles. The van der Waals surface area contributed by atoms with Crippen molar-refractivity contribution in [1.82, 2.24) is 15.3 Å². The SMILES string of the molecule is CCOc1cccc(C(=O)N2CC(C3=CC(C)=NC4=NCNN34)CC(F)(F)C2)c1. The Morgan fingerprint density at radius 3 is 3.03 bits per heavy atom. The molecule has 3 aliphatic heterocycles. The highest BCUT2D eigenvalue weighted by Crippen LogP contribution is 2.37. The van der Waals surface area contributed by atoms with Crippen LogP contribution in [0.15, 0.2) is 46.0 Å². The summed E-state index contributed by atoms with van der Waals surface area (Å²) in [6.07, 6.45) is 1.45. The lowest BCUT2D eigenvalue weighted by Gasteiger charge is -2.41. The lowest BCUT2D eigenvalue weighted by molar-refractivity contribution is -0.0724. The summed E-state index contributed by atoms with van der Waals surface area (Å²) in [5.74, 6) is -2.95. The number of carbonyl (C=O) groups is 1. The molecule has 0 spiro atoms. The number of aliphatic imine (C=N–C) groups is 2. The third kappa shape index (κ3) is 4.00. The van der Waals surface area contributed by atoms with E-state index in [-0.39, 0.29) is 13.0 Å². The third-order valence-corrected chi connectivity index (χ3v) is 5.05. The van der Waals surface area contributed by atoms with Crippen LogP contribution in [-0.4, -0.2) is 59.8 Å². The molecule has 4 rings (SSSR count). The van der Waals surface area contributed by atoms with Crippen molar-refractivity contribution >= 4 is 17.6 Å². The molecule has 1 N–H and O–H groups in total. The summed E-state index contributed by atoms with van der Waals surface area (Å²) in [7, 11) is 0. The molecule has 154 valence electrons. The van der Waals surface area contributed by atoms with Gasteiger partial charge in [-0.25, -0.2) is 29.2 Å². The van der Waals surface area contributed by atoms with E-state index in [1.165, 1.54) is 4.90 Å². The van der Waals surface area contributed by atoms with Gasteiger partial charge in [-0.15, -0.1) is 0 Å². The van der Waals surface area contributed by atoms with E-state index in [1.807, 2.05) is 6.92 Å². The molecule has 29 heavy (non-hydrogen) atoms. The number of alkyl halides is 2. The van der Waals surface area contributed by atoms with Gasteiger partial charge in [-0.3, -0.25) is 4.79 Å². The Labute approximate surface area is 167 Å². The van der Waals surface area contributed by atoms with E-state index in [2.05, 4.69) is 15.4 Å². The normalized spacial score (nSPS) is 23.2. The topological polar surface area (TPSA) is 69.5 Å². The van der Waals surface area contributed by atoms with Crippen molar-refractivity contribution < 1.29 is 18.3 Å². The van der Waals surface area contributed by atoms with Crippen LogP contribution in [0.3, 0.4) is 0 Å². The summed E-state index contributed by atoms with van der Waals surface area (Å²) in [5, 5.41) is 1.65. The number of guanidine groups is 1. The van der Waals surface area contributed by atoms with Gasteiger partial charge in [-0.05, 0) is 38.1 Å². The van der Waals surface area contributed by atoms with Gasteiger partial charge in [0.05, 0.1) is 13.2 Å². The van der Waals surface area contributed by atoms with Crippen LogP contribution in [0.5, 0.6) is 5.75 Å². The molecule has 0 aromatic heterocycles. The molecule has 1 amide bonds. The number of carbonyl (C=O) groups excluding carboxylic acids is 1. The zero-order valence-electron chi connectivity index (χ0n) is 16.4. The number of nitrogens with zero attached hydrogens (tertiary/aromatic N) is 4. The smallest absolute Gasteiger partial charge is 0.266 e. The Kier molecular flexibility index (Phi) is 5.08. The quantitative estimate of drug-likeness (QED) is 0.839. The van der Waals surface area contributed by atoms with Crippen molar-refractivity contribution in [1.29, 1.82) is 0 Å². The molecule has 3 heterocycles. The second kappa shape index (κ2) is 7.55. The van der Waals surface area contributed by atoms with E-state index in [0.717, 1.165) is 0 Å².